The molecule has 1 heterocycles. The van der Waals surface area contributed by atoms with E-state index in [0.29, 0.717) is 18.0 Å². The molecule has 5 nitrogen and oxygen atoms in total. The van der Waals surface area contributed by atoms with E-state index in [0.717, 1.165) is 49.4 Å². The Morgan fingerprint density at radius 1 is 1.11 bits per heavy atom. The molecule has 0 aliphatic heterocycles. The van der Waals surface area contributed by atoms with Crippen molar-refractivity contribution in [3.8, 4) is 0 Å². The van der Waals surface area contributed by atoms with Gasteiger partial charge in [-0.1, -0.05) is 33.1 Å². The molecule has 28 heavy (non-hydrogen) atoms. The molecule has 0 bridgehead atoms. The molecule has 0 atom stereocenters. The quantitative estimate of drug-likeness (QED) is 0.739. The molecular formula is C23H36N2O3. The van der Waals surface area contributed by atoms with E-state index in [4.69, 9.17) is 4.42 Å². The van der Waals surface area contributed by atoms with Crippen LogP contribution in [0.3, 0.4) is 0 Å². The number of ketones is 1. The lowest BCUT2D eigenvalue weighted by Crippen LogP contribution is -2.45. The minimum Gasteiger partial charge on any atom is -0.465 e. The van der Waals surface area contributed by atoms with Gasteiger partial charge in [0, 0.05) is 37.5 Å². The molecule has 3 rings (SSSR count). The fourth-order valence-corrected chi connectivity index (χ4v) is 4.79. The molecule has 1 aromatic heterocycles. The van der Waals surface area contributed by atoms with Crippen LogP contribution in [-0.4, -0.2) is 54.7 Å². The Morgan fingerprint density at radius 3 is 2.43 bits per heavy atom. The van der Waals surface area contributed by atoms with Gasteiger partial charge in [0.25, 0.3) is 0 Å². The minimum absolute atomic E-state index is 0.0739. The highest BCUT2D eigenvalue weighted by atomic mass is 16.3. The molecule has 0 saturated heterocycles. The second kappa shape index (κ2) is 8.40. The molecular weight excluding hydrogens is 352 g/mol. The normalized spacial score (nSPS) is 19.7. The molecule has 0 unspecified atom stereocenters. The summed E-state index contributed by atoms with van der Waals surface area (Å²) < 4.78 is 5.97. The van der Waals surface area contributed by atoms with Crippen molar-refractivity contribution in [3.05, 3.63) is 22.6 Å². The van der Waals surface area contributed by atoms with Crippen LogP contribution < -0.4 is 0 Å². The van der Waals surface area contributed by atoms with Crippen molar-refractivity contribution >= 4 is 11.7 Å². The third kappa shape index (κ3) is 4.68. The van der Waals surface area contributed by atoms with E-state index in [1.165, 1.54) is 19.3 Å². The minimum atomic E-state index is -0.0739. The second-order valence-electron chi connectivity index (χ2n) is 9.73. The Morgan fingerprint density at radius 2 is 1.79 bits per heavy atom. The molecule has 5 heteroatoms. The van der Waals surface area contributed by atoms with Crippen LogP contribution in [0, 0.1) is 12.3 Å². The van der Waals surface area contributed by atoms with Crippen LogP contribution in [0.25, 0.3) is 0 Å². The van der Waals surface area contributed by atoms with Crippen LogP contribution in [0.15, 0.2) is 4.42 Å². The van der Waals surface area contributed by atoms with Gasteiger partial charge in [-0.05, 0) is 39.3 Å². The van der Waals surface area contributed by atoms with Crippen molar-refractivity contribution in [1.29, 1.82) is 0 Å². The number of amides is 1. The van der Waals surface area contributed by atoms with Crippen molar-refractivity contribution in [2.24, 2.45) is 5.41 Å². The third-order valence-corrected chi connectivity index (χ3v) is 6.29. The molecule has 1 aromatic rings. The molecule has 0 N–H and O–H groups in total. The van der Waals surface area contributed by atoms with E-state index in [1.54, 1.807) is 0 Å². The Labute approximate surface area is 169 Å². The fraction of sp³-hybridized carbons (Fsp3) is 0.739. The highest BCUT2D eigenvalue weighted by molar-refractivity contribution is 6.01. The van der Waals surface area contributed by atoms with E-state index in [1.807, 2.05) is 21.0 Å². The van der Waals surface area contributed by atoms with Gasteiger partial charge >= 0.3 is 0 Å². The van der Waals surface area contributed by atoms with E-state index < -0.39 is 0 Å². The number of Topliss-reactive ketones (excluding diaryl/α,β-unsaturated/α-hetero) is 1. The summed E-state index contributed by atoms with van der Waals surface area (Å²) in [6.07, 6.45) is 7.41. The van der Waals surface area contributed by atoms with E-state index >= 15 is 0 Å². The molecule has 0 radical (unpaired) electrons. The number of carbonyl (C=O) groups excluding carboxylic acids is 2. The first-order chi connectivity index (χ1) is 13.2. The summed E-state index contributed by atoms with van der Waals surface area (Å²) in [6.45, 7) is 7.70. The number of furan rings is 1. The SMILES string of the molecule is Cc1oc2c(c1CC(=O)N(CCN(C)C)C1CCCCC1)C(=O)CC(C)(C)C2. The lowest BCUT2D eigenvalue weighted by molar-refractivity contribution is -0.133. The summed E-state index contributed by atoms with van der Waals surface area (Å²) in [5, 5.41) is 0. The van der Waals surface area contributed by atoms with Crippen LogP contribution in [0.4, 0.5) is 0 Å². The smallest absolute Gasteiger partial charge is 0.227 e. The van der Waals surface area contributed by atoms with Gasteiger partial charge in [-0.3, -0.25) is 9.59 Å². The van der Waals surface area contributed by atoms with Gasteiger partial charge in [0.15, 0.2) is 5.78 Å². The first-order valence-corrected chi connectivity index (χ1v) is 10.8. The number of carbonyl (C=O) groups is 2. The summed E-state index contributed by atoms with van der Waals surface area (Å²) in [7, 11) is 4.08. The molecule has 1 fully saturated rings. The summed E-state index contributed by atoms with van der Waals surface area (Å²) >= 11 is 0. The standard InChI is InChI=1S/C23H36N2O3/c1-16-18(22-19(26)14-23(2,3)15-20(22)28-16)13-21(27)25(12-11-24(4)5)17-9-7-6-8-10-17/h17H,6-15H2,1-5H3. The summed E-state index contributed by atoms with van der Waals surface area (Å²) in [6, 6.07) is 0.332. The molecule has 0 aromatic carbocycles. The zero-order chi connectivity index (χ0) is 20.5. The van der Waals surface area contributed by atoms with Crippen molar-refractivity contribution in [3.63, 3.8) is 0 Å². The average molecular weight is 389 g/mol. The van der Waals surface area contributed by atoms with Crippen LogP contribution in [0.2, 0.25) is 0 Å². The maximum absolute atomic E-state index is 13.3. The predicted octanol–water partition coefficient (Wildman–Crippen LogP) is 4.01. The van der Waals surface area contributed by atoms with Gasteiger partial charge in [-0.2, -0.15) is 0 Å². The Kier molecular flexibility index (Phi) is 6.33. The van der Waals surface area contributed by atoms with Crippen molar-refractivity contribution in [2.45, 2.75) is 78.2 Å². The van der Waals surface area contributed by atoms with E-state index in [2.05, 4.69) is 23.6 Å². The summed E-state index contributed by atoms with van der Waals surface area (Å²) in [5.74, 6) is 1.78. The first-order valence-electron chi connectivity index (χ1n) is 10.8. The number of rotatable bonds is 6. The second-order valence-corrected chi connectivity index (χ2v) is 9.73. The molecule has 2 aliphatic rings. The molecule has 0 spiro atoms. The Bertz CT molecular complexity index is 726. The lowest BCUT2D eigenvalue weighted by Gasteiger charge is -2.35. The van der Waals surface area contributed by atoms with Crippen molar-refractivity contribution in [1.82, 2.24) is 9.80 Å². The van der Waals surface area contributed by atoms with Gasteiger partial charge in [0.1, 0.15) is 11.5 Å². The molecule has 1 saturated carbocycles. The largest absolute Gasteiger partial charge is 0.465 e. The topological polar surface area (TPSA) is 53.8 Å². The van der Waals surface area contributed by atoms with Crippen LogP contribution in [0.1, 0.15) is 79.8 Å². The first kappa shape index (κ1) is 21.1. The lowest BCUT2D eigenvalue weighted by atomic mass is 9.75. The highest BCUT2D eigenvalue weighted by Gasteiger charge is 2.37. The Balaban J connectivity index is 1.82. The van der Waals surface area contributed by atoms with Crippen molar-refractivity contribution < 1.29 is 14.0 Å². The van der Waals surface area contributed by atoms with Crippen LogP contribution >= 0.6 is 0 Å². The maximum atomic E-state index is 13.3. The van der Waals surface area contributed by atoms with Crippen LogP contribution in [-0.2, 0) is 17.6 Å². The predicted molar refractivity (Wildman–Crippen MR) is 111 cm³/mol. The van der Waals surface area contributed by atoms with Gasteiger partial charge in [0.05, 0.1) is 12.0 Å². The monoisotopic (exact) mass is 388 g/mol. The van der Waals surface area contributed by atoms with Gasteiger partial charge < -0.3 is 14.2 Å². The van der Waals surface area contributed by atoms with Crippen LogP contribution in [0.5, 0.6) is 0 Å². The maximum Gasteiger partial charge on any atom is 0.227 e. The number of nitrogens with zero attached hydrogens (tertiary/aromatic N) is 2. The molecule has 1 amide bonds. The number of aryl methyl sites for hydroxylation is 1. The van der Waals surface area contributed by atoms with Crippen molar-refractivity contribution in [2.75, 3.05) is 27.2 Å². The zero-order valence-electron chi connectivity index (χ0n) is 18.3. The van der Waals surface area contributed by atoms with Gasteiger partial charge in [0.2, 0.25) is 5.91 Å². The fourth-order valence-electron chi connectivity index (χ4n) is 4.79. The van der Waals surface area contributed by atoms with E-state index in [9.17, 15) is 9.59 Å². The number of fused-ring (bicyclic) bond motifs is 1. The summed E-state index contributed by atoms with van der Waals surface area (Å²) in [4.78, 5) is 30.4. The average Bonchev–Trinajstić information content (AvgIpc) is 2.89. The zero-order valence-corrected chi connectivity index (χ0v) is 18.3. The third-order valence-electron chi connectivity index (χ3n) is 6.29. The Hall–Kier alpha value is -1.62. The van der Waals surface area contributed by atoms with Gasteiger partial charge in [-0.15, -0.1) is 0 Å². The molecule has 156 valence electrons. The highest BCUT2D eigenvalue weighted by Crippen LogP contribution is 2.39. The van der Waals surface area contributed by atoms with Gasteiger partial charge in [-0.25, -0.2) is 0 Å². The number of hydrogen-bond donors (Lipinski definition) is 0. The van der Waals surface area contributed by atoms with E-state index in [-0.39, 0.29) is 23.5 Å². The number of likely N-dealkylation sites (N-methyl/N-ethyl adjacent to an activating group) is 1. The number of hydrogen-bond acceptors (Lipinski definition) is 4. The summed E-state index contributed by atoms with van der Waals surface area (Å²) in [5.41, 5.74) is 1.45. The molecule has 2 aliphatic carbocycles.